The van der Waals surface area contributed by atoms with Crippen molar-refractivity contribution >= 4 is 29.1 Å². The van der Waals surface area contributed by atoms with Crippen molar-refractivity contribution in [2.75, 3.05) is 11.1 Å². The topological polar surface area (TPSA) is 80.9 Å². The van der Waals surface area contributed by atoms with Crippen LogP contribution in [0.15, 0.2) is 18.3 Å². The fourth-order valence-electron chi connectivity index (χ4n) is 2.13. The molecule has 0 atom stereocenters. The van der Waals surface area contributed by atoms with Gasteiger partial charge in [-0.15, -0.1) is 0 Å². The number of nitrogen functional groups attached to an aromatic ring is 1. The van der Waals surface area contributed by atoms with Crippen molar-refractivity contribution in [1.29, 1.82) is 0 Å². The molecule has 2 aromatic rings. The van der Waals surface area contributed by atoms with Crippen LogP contribution in [0.25, 0.3) is 11.3 Å². The van der Waals surface area contributed by atoms with E-state index in [-0.39, 0.29) is 18.3 Å². The van der Waals surface area contributed by atoms with Crippen molar-refractivity contribution in [3.63, 3.8) is 0 Å². The molecule has 5 nitrogen and oxygen atoms in total. The third-order valence-corrected chi connectivity index (χ3v) is 3.47. The van der Waals surface area contributed by atoms with Crippen molar-refractivity contribution in [2.45, 2.75) is 13.3 Å². The van der Waals surface area contributed by atoms with E-state index in [0.717, 1.165) is 16.7 Å². The Bertz CT molecular complexity index is 699. The van der Waals surface area contributed by atoms with Crippen LogP contribution in [0.4, 0.5) is 11.6 Å². The molecule has 0 spiro atoms. The van der Waals surface area contributed by atoms with Crippen molar-refractivity contribution < 1.29 is 4.79 Å². The third kappa shape index (κ3) is 2.02. The van der Waals surface area contributed by atoms with Crippen LogP contribution in [-0.4, -0.2) is 15.9 Å². The lowest BCUT2D eigenvalue weighted by atomic mass is 10.0. The van der Waals surface area contributed by atoms with E-state index >= 15 is 0 Å². The number of rotatable bonds is 0. The number of carbonyl (C=O) groups is 1. The number of nitrogens with two attached hydrogens (primary N) is 1. The number of halogens is 1. The predicted octanol–water partition coefficient (Wildman–Crippen LogP) is 2.18. The van der Waals surface area contributed by atoms with Crippen molar-refractivity contribution in [3.8, 4) is 11.3 Å². The van der Waals surface area contributed by atoms with Crippen LogP contribution in [0.3, 0.4) is 0 Å². The molecule has 6 heteroatoms. The zero-order valence-electron chi connectivity index (χ0n) is 10.2. The van der Waals surface area contributed by atoms with Gasteiger partial charge in [-0.2, -0.15) is 0 Å². The molecule has 1 amide bonds. The Morgan fingerprint density at radius 1 is 1.42 bits per heavy atom. The number of hydrogen-bond donors (Lipinski definition) is 2. The monoisotopic (exact) mass is 274 g/mol. The van der Waals surface area contributed by atoms with Gasteiger partial charge in [0.25, 0.3) is 0 Å². The smallest absolute Gasteiger partial charge is 0.228 e. The molecule has 3 rings (SSSR count). The van der Waals surface area contributed by atoms with E-state index in [0.29, 0.717) is 16.4 Å². The number of carbonyl (C=O) groups excluding carboxylic acids is 1. The summed E-state index contributed by atoms with van der Waals surface area (Å²) in [6.45, 7) is 1.90. The molecule has 0 unspecified atom stereocenters. The second-order valence-corrected chi connectivity index (χ2v) is 4.88. The van der Waals surface area contributed by atoms with Gasteiger partial charge in [0.15, 0.2) is 0 Å². The van der Waals surface area contributed by atoms with Crippen LogP contribution in [0.2, 0.25) is 5.02 Å². The van der Waals surface area contributed by atoms with Crippen LogP contribution >= 0.6 is 11.6 Å². The van der Waals surface area contributed by atoms with Gasteiger partial charge in [-0.05, 0) is 24.6 Å². The van der Waals surface area contributed by atoms with E-state index in [1.807, 2.05) is 13.0 Å². The van der Waals surface area contributed by atoms with E-state index < -0.39 is 0 Å². The fraction of sp³-hybridized carbons (Fsp3) is 0.154. The van der Waals surface area contributed by atoms with Gasteiger partial charge in [0.2, 0.25) is 11.9 Å². The minimum absolute atomic E-state index is 0.117. The first-order valence-corrected chi connectivity index (χ1v) is 6.14. The number of benzene rings is 1. The number of nitrogens with zero attached hydrogens (tertiary/aromatic N) is 2. The molecule has 2 heterocycles. The van der Waals surface area contributed by atoms with Crippen LogP contribution in [-0.2, 0) is 11.2 Å². The number of hydrogen-bond acceptors (Lipinski definition) is 4. The summed E-state index contributed by atoms with van der Waals surface area (Å²) in [4.78, 5) is 20.0. The highest BCUT2D eigenvalue weighted by atomic mass is 35.5. The summed E-state index contributed by atoms with van der Waals surface area (Å²) >= 11 is 6.10. The third-order valence-electron chi connectivity index (χ3n) is 3.06. The molecule has 1 aliphatic rings. The molecule has 1 aliphatic heterocycles. The molecule has 1 aromatic heterocycles. The van der Waals surface area contributed by atoms with Crippen LogP contribution < -0.4 is 11.1 Å². The summed E-state index contributed by atoms with van der Waals surface area (Å²) in [5.74, 6) is 0.0694. The summed E-state index contributed by atoms with van der Waals surface area (Å²) in [5.41, 5.74) is 9.46. The minimum atomic E-state index is -0.117. The number of fused-ring (bicyclic) bond motifs is 3. The normalized spacial score (nSPS) is 13.3. The molecule has 0 bridgehead atoms. The Hall–Kier alpha value is -2.14. The molecule has 0 saturated heterocycles. The zero-order valence-corrected chi connectivity index (χ0v) is 11.0. The Kier molecular flexibility index (Phi) is 2.64. The SMILES string of the molecule is Cc1cc2c(cc1Cl)NC(=O)Cc1cnc(N)nc1-2. The maximum absolute atomic E-state index is 11.8. The summed E-state index contributed by atoms with van der Waals surface area (Å²) in [6.07, 6.45) is 1.82. The number of aryl methyl sites for hydroxylation is 1. The molecule has 0 fully saturated rings. The number of anilines is 2. The van der Waals surface area contributed by atoms with Crippen molar-refractivity contribution in [2.24, 2.45) is 0 Å². The Labute approximate surface area is 114 Å². The lowest BCUT2D eigenvalue weighted by Gasteiger charge is -2.10. The Morgan fingerprint density at radius 3 is 3.00 bits per heavy atom. The second kappa shape index (κ2) is 4.20. The summed E-state index contributed by atoms with van der Waals surface area (Å²) in [5, 5.41) is 3.43. The number of amides is 1. The summed E-state index contributed by atoms with van der Waals surface area (Å²) in [6, 6.07) is 3.63. The molecule has 96 valence electrons. The highest BCUT2D eigenvalue weighted by Crippen LogP contribution is 2.36. The van der Waals surface area contributed by atoms with Crippen LogP contribution in [0.1, 0.15) is 11.1 Å². The first-order valence-electron chi connectivity index (χ1n) is 5.76. The number of nitrogens with one attached hydrogen (secondary N) is 1. The van der Waals surface area contributed by atoms with Gasteiger partial charge in [0, 0.05) is 22.3 Å². The minimum Gasteiger partial charge on any atom is -0.368 e. The van der Waals surface area contributed by atoms with Gasteiger partial charge in [-0.1, -0.05) is 11.6 Å². The predicted molar refractivity (Wildman–Crippen MR) is 74.0 cm³/mol. The fourth-order valence-corrected chi connectivity index (χ4v) is 2.29. The average molecular weight is 275 g/mol. The molecular formula is C13H11ClN4O. The largest absolute Gasteiger partial charge is 0.368 e. The van der Waals surface area contributed by atoms with E-state index in [9.17, 15) is 4.79 Å². The zero-order chi connectivity index (χ0) is 13.6. The Balaban J connectivity index is 2.33. The van der Waals surface area contributed by atoms with Crippen molar-refractivity contribution in [3.05, 3.63) is 34.5 Å². The lowest BCUT2D eigenvalue weighted by molar-refractivity contribution is -0.115. The first kappa shape index (κ1) is 11.9. The van der Waals surface area contributed by atoms with Gasteiger partial charge in [-0.25, -0.2) is 9.97 Å². The molecule has 0 saturated carbocycles. The molecular weight excluding hydrogens is 264 g/mol. The average Bonchev–Trinajstić information content (AvgIpc) is 2.47. The van der Waals surface area contributed by atoms with Gasteiger partial charge in [0.1, 0.15) is 0 Å². The maximum Gasteiger partial charge on any atom is 0.228 e. The molecule has 0 radical (unpaired) electrons. The highest BCUT2D eigenvalue weighted by molar-refractivity contribution is 6.32. The van der Waals surface area contributed by atoms with E-state index in [1.54, 1.807) is 12.3 Å². The van der Waals surface area contributed by atoms with E-state index in [4.69, 9.17) is 17.3 Å². The second-order valence-electron chi connectivity index (χ2n) is 4.47. The standard InChI is InChI=1S/C13H11ClN4O/c1-6-2-8-10(4-9(6)14)17-11(19)3-7-5-16-13(15)18-12(7)8/h2,4-5H,3H2,1H3,(H,17,19)(H2,15,16,18). The number of aromatic nitrogens is 2. The quantitative estimate of drug-likeness (QED) is 0.771. The van der Waals surface area contributed by atoms with Crippen LogP contribution in [0.5, 0.6) is 0 Å². The van der Waals surface area contributed by atoms with Gasteiger partial charge in [-0.3, -0.25) is 4.79 Å². The highest BCUT2D eigenvalue weighted by Gasteiger charge is 2.21. The van der Waals surface area contributed by atoms with E-state index in [1.165, 1.54) is 0 Å². The summed E-state index contributed by atoms with van der Waals surface area (Å²) in [7, 11) is 0. The van der Waals surface area contributed by atoms with Crippen LogP contribution in [0, 0.1) is 6.92 Å². The lowest BCUT2D eigenvalue weighted by Crippen LogP contribution is -2.12. The first-order chi connectivity index (χ1) is 9.04. The molecule has 1 aromatic carbocycles. The van der Waals surface area contributed by atoms with Gasteiger partial charge in [0.05, 0.1) is 17.8 Å². The molecule has 3 N–H and O–H groups in total. The molecule has 19 heavy (non-hydrogen) atoms. The van der Waals surface area contributed by atoms with E-state index in [2.05, 4.69) is 15.3 Å². The van der Waals surface area contributed by atoms with Gasteiger partial charge < -0.3 is 11.1 Å². The molecule has 0 aliphatic carbocycles. The van der Waals surface area contributed by atoms with Crippen molar-refractivity contribution in [1.82, 2.24) is 9.97 Å². The van der Waals surface area contributed by atoms with Gasteiger partial charge >= 0.3 is 0 Å². The maximum atomic E-state index is 11.8. The Morgan fingerprint density at radius 2 is 2.21 bits per heavy atom. The summed E-state index contributed by atoms with van der Waals surface area (Å²) < 4.78 is 0.